The number of rotatable bonds is 0. The zero-order chi connectivity index (χ0) is 8.77. The summed E-state index contributed by atoms with van der Waals surface area (Å²) < 4.78 is 5.23. The summed E-state index contributed by atoms with van der Waals surface area (Å²) in [6.07, 6.45) is 5.90. The molecule has 0 saturated carbocycles. The van der Waals surface area contributed by atoms with Gasteiger partial charge < -0.3 is 4.74 Å². The van der Waals surface area contributed by atoms with Gasteiger partial charge in [0.1, 0.15) is 5.60 Å². The smallest absolute Gasteiger partial charge is 0.339 e. The Balaban J connectivity index is 2.48. The number of allylic oxidation sites excluding steroid dienone is 1. The van der Waals surface area contributed by atoms with Crippen LogP contribution in [0.4, 0.5) is 0 Å². The molecule has 2 heteroatoms. The van der Waals surface area contributed by atoms with E-state index in [1.165, 1.54) is 0 Å². The predicted molar refractivity (Wildman–Crippen MR) is 45.6 cm³/mol. The predicted octanol–water partition coefficient (Wildman–Crippen LogP) is 1.97. The molecule has 0 bridgehead atoms. The zero-order valence-electron chi connectivity index (χ0n) is 7.39. The molecule has 0 N–H and O–H groups in total. The van der Waals surface area contributed by atoms with Crippen LogP contribution in [0, 0.1) is 0 Å². The molecule has 0 saturated heterocycles. The van der Waals surface area contributed by atoms with Crippen LogP contribution >= 0.6 is 0 Å². The van der Waals surface area contributed by atoms with Crippen LogP contribution in [0.25, 0.3) is 0 Å². The second-order valence-electron chi connectivity index (χ2n) is 3.73. The van der Waals surface area contributed by atoms with Gasteiger partial charge in [0.2, 0.25) is 0 Å². The number of cyclic esters (lactones) is 1. The molecule has 12 heavy (non-hydrogen) atoms. The quantitative estimate of drug-likeness (QED) is 0.511. The summed E-state index contributed by atoms with van der Waals surface area (Å²) in [4.78, 5) is 11.3. The molecule has 0 spiro atoms. The second-order valence-corrected chi connectivity index (χ2v) is 3.73. The van der Waals surface area contributed by atoms with Crippen LogP contribution in [0.15, 0.2) is 23.3 Å². The summed E-state index contributed by atoms with van der Waals surface area (Å²) >= 11 is 0. The Morgan fingerprint density at radius 1 is 1.50 bits per heavy atom. The van der Waals surface area contributed by atoms with Crippen molar-refractivity contribution < 1.29 is 9.53 Å². The van der Waals surface area contributed by atoms with E-state index < -0.39 is 0 Å². The van der Waals surface area contributed by atoms with E-state index in [4.69, 9.17) is 4.74 Å². The fourth-order valence-electron chi connectivity index (χ4n) is 1.83. The van der Waals surface area contributed by atoms with E-state index in [9.17, 15) is 4.79 Å². The summed E-state index contributed by atoms with van der Waals surface area (Å²) in [6.45, 7) is 3.90. The second kappa shape index (κ2) is 2.22. The normalized spacial score (nSPS) is 25.7. The van der Waals surface area contributed by atoms with Crippen molar-refractivity contribution in [1.29, 1.82) is 0 Å². The third-order valence-corrected chi connectivity index (χ3v) is 2.47. The number of hydrogen-bond donors (Lipinski definition) is 0. The lowest BCUT2D eigenvalue weighted by atomic mass is 9.89. The van der Waals surface area contributed by atoms with Gasteiger partial charge in [0.05, 0.1) is 5.57 Å². The Morgan fingerprint density at radius 3 is 2.92 bits per heavy atom. The van der Waals surface area contributed by atoms with Crippen molar-refractivity contribution in [3.8, 4) is 0 Å². The van der Waals surface area contributed by atoms with Gasteiger partial charge in [0.15, 0.2) is 0 Å². The molecule has 0 radical (unpaired) electrons. The molecule has 1 aliphatic heterocycles. The number of carbonyl (C=O) groups excluding carboxylic acids is 1. The SMILES string of the molecule is CC1(C)OC(=O)C2=C1CCC=C2. The minimum Gasteiger partial charge on any atom is -0.451 e. The van der Waals surface area contributed by atoms with Crippen LogP contribution in [0.3, 0.4) is 0 Å². The highest BCUT2D eigenvalue weighted by Crippen LogP contribution is 2.37. The number of hydrogen-bond acceptors (Lipinski definition) is 2. The number of carbonyl (C=O) groups is 1. The Morgan fingerprint density at radius 2 is 2.25 bits per heavy atom. The fourth-order valence-corrected chi connectivity index (χ4v) is 1.83. The largest absolute Gasteiger partial charge is 0.451 e. The van der Waals surface area contributed by atoms with Gasteiger partial charge in [-0.1, -0.05) is 12.2 Å². The first-order valence-electron chi connectivity index (χ1n) is 4.25. The Labute approximate surface area is 71.9 Å². The monoisotopic (exact) mass is 164 g/mol. The average molecular weight is 164 g/mol. The standard InChI is InChI=1S/C10H12O2/c1-10(2)8-6-4-3-5-7(8)9(11)12-10/h3,5H,4,6H2,1-2H3. The third kappa shape index (κ3) is 0.909. The van der Waals surface area contributed by atoms with Gasteiger partial charge in [-0.25, -0.2) is 4.79 Å². The van der Waals surface area contributed by atoms with Crippen molar-refractivity contribution in [3.05, 3.63) is 23.3 Å². The molecular weight excluding hydrogens is 152 g/mol. The maximum atomic E-state index is 11.3. The fraction of sp³-hybridized carbons (Fsp3) is 0.500. The highest BCUT2D eigenvalue weighted by molar-refractivity contribution is 5.96. The van der Waals surface area contributed by atoms with Gasteiger partial charge in [-0.15, -0.1) is 0 Å². The lowest BCUT2D eigenvalue weighted by Gasteiger charge is -2.21. The van der Waals surface area contributed by atoms with Crippen molar-refractivity contribution in [2.24, 2.45) is 0 Å². The van der Waals surface area contributed by atoms with Crippen molar-refractivity contribution in [2.75, 3.05) is 0 Å². The summed E-state index contributed by atoms with van der Waals surface area (Å²) in [6, 6.07) is 0. The van der Waals surface area contributed by atoms with Gasteiger partial charge in [0.25, 0.3) is 0 Å². The summed E-state index contributed by atoms with van der Waals surface area (Å²) in [5, 5.41) is 0. The molecule has 1 heterocycles. The van der Waals surface area contributed by atoms with Crippen molar-refractivity contribution >= 4 is 5.97 Å². The summed E-state index contributed by atoms with van der Waals surface area (Å²) in [5.74, 6) is -0.161. The number of esters is 1. The Bertz CT molecular complexity index is 295. The average Bonchev–Trinajstić information content (AvgIpc) is 2.25. The Hall–Kier alpha value is -1.05. The van der Waals surface area contributed by atoms with Crippen LogP contribution in [-0.4, -0.2) is 11.6 Å². The molecule has 0 fully saturated rings. The molecule has 2 nitrogen and oxygen atoms in total. The van der Waals surface area contributed by atoms with Crippen molar-refractivity contribution in [1.82, 2.24) is 0 Å². The minimum absolute atomic E-state index is 0.161. The molecule has 2 rings (SSSR count). The molecule has 0 aromatic carbocycles. The molecule has 0 atom stereocenters. The van der Waals surface area contributed by atoms with Crippen LogP contribution in [0.5, 0.6) is 0 Å². The van der Waals surface area contributed by atoms with E-state index in [-0.39, 0.29) is 11.6 Å². The van der Waals surface area contributed by atoms with E-state index in [2.05, 4.69) is 0 Å². The maximum absolute atomic E-state index is 11.3. The highest BCUT2D eigenvalue weighted by Gasteiger charge is 2.39. The van der Waals surface area contributed by atoms with Crippen LogP contribution in [-0.2, 0) is 9.53 Å². The molecule has 2 aliphatic rings. The van der Waals surface area contributed by atoms with Crippen molar-refractivity contribution in [3.63, 3.8) is 0 Å². The molecular formula is C10H12O2. The third-order valence-electron chi connectivity index (χ3n) is 2.47. The van der Waals surface area contributed by atoms with E-state index in [1.807, 2.05) is 26.0 Å². The first-order chi connectivity index (χ1) is 5.61. The van der Waals surface area contributed by atoms with Gasteiger partial charge in [-0.3, -0.25) is 0 Å². The summed E-state index contributed by atoms with van der Waals surface area (Å²) in [5.41, 5.74) is 1.58. The zero-order valence-corrected chi connectivity index (χ0v) is 7.39. The van der Waals surface area contributed by atoms with Crippen molar-refractivity contribution in [2.45, 2.75) is 32.3 Å². The molecule has 0 amide bonds. The molecule has 1 aliphatic carbocycles. The first kappa shape index (κ1) is 7.59. The lowest BCUT2D eigenvalue weighted by Crippen LogP contribution is -2.23. The van der Waals surface area contributed by atoms with Crippen LogP contribution in [0.1, 0.15) is 26.7 Å². The van der Waals surface area contributed by atoms with Gasteiger partial charge in [-0.2, -0.15) is 0 Å². The molecule has 0 aromatic rings. The van der Waals surface area contributed by atoms with Gasteiger partial charge in [0, 0.05) is 0 Å². The molecule has 0 aromatic heterocycles. The molecule has 64 valence electrons. The topological polar surface area (TPSA) is 26.3 Å². The van der Waals surface area contributed by atoms with E-state index >= 15 is 0 Å². The Kier molecular flexibility index (Phi) is 1.40. The first-order valence-corrected chi connectivity index (χ1v) is 4.25. The lowest BCUT2D eigenvalue weighted by molar-refractivity contribution is -0.144. The number of ether oxygens (including phenoxy) is 1. The summed E-state index contributed by atoms with van der Waals surface area (Å²) in [7, 11) is 0. The van der Waals surface area contributed by atoms with E-state index in [0.717, 1.165) is 24.0 Å². The van der Waals surface area contributed by atoms with Crippen LogP contribution < -0.4 is 0 Å². The van der Waals surface area contributed by atoms with E-state index in [0.29, 0.717) is 0 Å². The molecule has 0 unspecified atom stereocenters. The van der Waals surface area contributed by atoms with Crippen LogP contribution in [0.2, 0.25) is 0 Å². The highest BCUT2D eigenvalue weighted by atomic mass is 16.6. The maximum Gasteiger partial charge on any atom is 0.339 e. The van der Waals surface area contributed by atoms with Gasteiger partial charge in [-0.05, 0) is 32.3 Å². The van der Waals surface area contributed by atoms with E-state index in [1.54, 1.807) is 0 Å². The minimum atomic E-state index is -0.364. The van der Waals surface area contributed by atoms with Gasteiger partial charge >= 0.3 is 5.97 Å².